The second-order valence-electron chi connectivity index (χ2n) is 4.71. The molecule has 1 aromatic heterocycles. The Labute approximate surface area is 109 Å². The van der Waals surface area contributed by atoms with Gasteiger partial charge in [0, 0.05) is 25.0 Å². The molecule has 2 N–H and O–H groups in total. The van der Waals surface area contributed by atoms with Gasteiger partial charge in [-0.2, -0.15) is 5.10 Å². The maximum atomic E-state index is 6.17. The molecule has 0 saturated heterocycles. The SMILES string of the molecule is Cn1nccc1CCCCC(N)c1ccccc1. The van der Waals surface area contributed by atoms with Crippen molar-refractivity contribution in [1.82, 2.24) is 9.78 Å². The minimum atomic E-state index is 0.165. The number of unbranched alkanes of at least 4 members (excludes halogenated alkanes) is 1. The molecule has 1 unspecified atom stereocenters. The van der Waals surface area contributed by atoms with E-state index in [1.165, 1.54) is 17.7 Å². The monoisotopic (exact) mass is 243 g/mol. The van der Waals surface area contributed by atoms with Crippen LogP contribution in [0.1, 0.15) is 36.6 Å². The van der Waals surface area contributed by atoms with Gasteiger partial charge in [0.1, 0.15) is 0 Å². The van der Waals surface area contributed by atoms with E-state index in [4.69, 9.17) is 5.73 Å². The minimum Gasteiger partial charge on any atom is -0.324 e. The Morgan fingerprint density at radius 2 is 1.94 bits per heavy atom. The van der Waals surface area contributed by atoms with Crippen LogP contribution >= 0.6 is 0 Å². The van der Waals surface area contributed by atoms with Gasteiger partial charge in [0.2, 0.25) is 0 Å². The van der Waals surface area contributed by atoms with Gasteiger partial charge >= 0.3 is 0 Å². The second-order valence-corrected chi connectivity index (χ2v) is 4.71. The molecule has 2 aromatic rings. The number of hydrogen-bond donors (Lipinski definition) is 1. The van der Waals surface area contributed by atoms with Crippen molar-refractivity contribution >= 4 is 0 Å². The molecule has 0 aliphatic heterocycles. The van der Waals surface area contributed by atoms with Gasteiger partial charge in [-0.25, -0.2) is 0 Å². The molecule has 96 valence electrons. The zero-order chi connectivity index (χ0) is 12.8. The maximum Gasteiger partial charge on any atom is 0.0492 e. The average Bonchev–Trinajstić information content (AvgIpc) is 2.81. The molecule has 0 radical (unpaired) electrons. The van der Waals surface area contributed by atoms with E-state index in [9.17, 15) is 0 Å². The lowest BCUT2D eigenvalue weighted by molar-refractivity contribution is 0.574. The smallest absolute Gasteiger partial charge is 0.0492 e. The number of hydrogen-bond acceptors (Lipinski definition) is 2. The van der Waals surface area contributed by atoms with E-state index in [1.54, 1.807) is 0 Å². The van der Waals surface area contributed by atoms with Crippen molar-refractivity contribution in [3.63, 3.8) is 0 Å². The van der Waals surface area contributed by atoms with Crippen LogP contribution in [0.5, 0.6) is 0 Å². The standard InChI is InChI=1S/C15H21N3/c1-18-14(11-12-17-18)9-5-6-10-15(16)13-7-3-2-4-8-13/h2-4,7-8,11-12,15H,5-6,9-10,16H2,1H3. The Balaban J connectivity index is 1.71. The molecule has 1 atom stereocenters. The lowest BCUT2D eigenvalue weighted by Crippen LogP contribution is -2.10. The highest BCUT2D eigenvalue weighted by Crippen LogP contribution is 2.17. The van der Waals surface area contributed by atoms with Gasteiger partial charge in [-0.1, -0.05) is 36.8 Å². The highest BCUT2D eigenvalue weighted by Gasteiger charge is 2.05. The normalized spacial score (nSPS) is 12.6. The Hall–Kier alpha value is -1.61. The van der Waals surface area contributed by atoms with Crippen molar-refractivity contribution in [2.45, 2.75) is 31.7 Å². The summed E-state index contributed by atoms with van der Waals surface area (Å²) in [6, 6.07) is 12.6. The van der Waals surface area contributed by atoms with Gasteiger partial charge in [0.05, 0.1) is 0 Å². The van der Waals surface area contributed by atoms with E-state index in [2.05, 4.69) is 23.3 Å². The first kappa shape index (κ1) is 12.8. The number of aryl methyl sites for hydroxylation is 2. The van der Waals surface area contributed by atoms with E-state index in [0.717, 1.165) is 19.3 Å². The summed E-state index contributed by atoms with van der Waals surface area (Å²) in [6.45, 7) is 0. The van der Waals surface area contributed by atoms with Gasteiger partial charge in [-0.05, 0) is 30.9 Å². The van der Waals surface area contributed by atoms with E-state index < -0.39 is 0 Å². The van der Waals surface area contributed by atoms with E-state index in [-0.39, 0.29) is 6.04 Å². The van der Waals surface area contributed by atoms with Crippen molar-refractivity contribution in [3.8, 4) is 0 Å². The molecule has 0 spiro atoms. The van der Waals surface area contributed by atoms with Crippen LogP contribution in [0.4, 0.5) is 0 Å². The number of rotatable bonds is 6. The molecule has 1 heterocycles. The fraction of sp³-hybridized carbons (Fsp3) is 0.400. The third kappa shape index (κ3) is 3.44. The van der Waals surface area contributed by atoms with Gasteiger partial charge in [0.25, 0.3) is 0 Å². The molecular formula is C15H21N3. The van der Waals surface area contributed by atoms with Crippen LogP contribution in [-0.2, 0) is 13.5 Å². The number of nitrogens with zero attached hydrogens (tertiary/aromatic N) is 2. The van der Waals surface area contributed by atoms with Crippen LogP contribution in [0.15, 0.2) is 42.6 Å². The second kappa shape index (κ2) is 6.36. The predicted molar refractivity (Wildman–Crippen MR) is 74.1 cm³/mol. The summed E-state index contributed by atoms with van der Waals surface area (Å²) in [5.41, 5.74) is 8.70. The quantitative estimate of drug-likeness (QED) is 0.793. The van der Waals surface area contributed by atoms with Gasteiger partial charge in [0.15, 0.2) is 0 Å². The first-order valence-electron chi connectivity index (χ1n) is 6.55. The first-order chi connectivity index (χ1) is 8.77. The lowest BCUT2D eigenvalue weighted by atomic mass is 10.0. The number of aromatic nitrogens is 2. The molecule has 0 aliphatic rings. The molecule has 2 rings (SSSR count). The van der Waals surface area contributed by atoms with Crippen molar-refractivity contribution in [2.75, 3.05) is 0 Å². The van der Waals surface area contributed by atoms with Gasteiger partial charge < -0.3 is 5.73 Å². The molecule has 0 aliphatic carbocycles. The lowest BCUT2D eigenvalue weighted by Gasteiger charge is -2.11. The fourth-order valence-corrected chi connectivity index (χ4v) is 2.18. The van der Waals surface area contributed by atoms with Crippen LogP contribution in [0.3, 0.4) is 0 Å². The number of benzene rings is 1. The largest absolute Gasteiger partial charge is 0.324 e. The maximum absolute atomic E-state index is 6.17. The summed E-state index contributed by atoms with van der Waals surface area (Å²) in [5, 5.41) is 4.17. The van der Waals surface area contributed by atoms with E-state index in [1.807, 2.05) is 36.1 Å². The summed E-state index contributed by atoms with van der Waals surface area (Å²) in [4.78, 5) is 0. The molecule has 3 heteroatoms. The summed E-state index contributed by atoms with van der Waals surface area (Å²) < 4.78 is 1.94. The van der Waals surface area contributed by atoms with Crippen molar-refractivity contribution in [1.29, 1.82) is 0 Å². The Morgan fingerprint density at radius 3 is 2.61 bits per heavy atom. The molecule has 0 saturated carbocycles. The molecule has 0 bridgehead atoms. The van der Waals surface area contributed by atoms with Crippen molar-refractivity contribution in [3.05, 3.63) is 53.9 Å². The van der Waals surface area contributed by atoms with Gasteiger partial charge in [-0.3, -0.25) is 4.68 Å². The third-order valence-electron chi connectivity index (χ3n) is 3.35. The van der Waals surface area contributed by atoms with Crippen molar-refractivity contribution in [2.24, 2.45) is 12.8 Å². The van der Waals surface area contributed by atoms with Crippen LogP contribution in [-0.4, -0.2) is 9.78 Å². The molecule has 0 amide bonds. The Bertz CT molecular complexity index is 462. The summed E-state index contributed by atoms with van der Waals surface area (Å²) in [7, 11) is 1.99. The highest BCUT2D eigenvalue weighted by molar-refractivity contribution is 5.18. The van der Waals surface area contributed by atoms with Crippen LogP contribution in [0, 0.1) is 0 Å². The van der Waals surface area contributed by atoms with Gasteiger partial charge in [-0.15, -0.1) is 0 Å². The first-order valence-corrected chi connectivity index (χ1v) is 6.55. The van der Waals surface area contributed by atoms with Crippen LogP contribution in [0.25, 0.3) is 0 Å². The zero-order valence-electron chi connectivity index (χ0n) is 10.9. The molecule has 3 nitrogen and oxygen atoms in total. The minimum absolute atomic E-state index is 0.165. The third-order valence-corrected chi connectivity index (χ3v) is 3.35. The molecule has 1 aromatic carbocycles. The predicted octanol–water partition coefficient (Wildman–Crippen LogP) is 2.83. The van der Waals surface area contributed by atoms with E-state index in [0.29, 0.717) is 0 Å². The van der Waals surface area contributed by atoms with E-state index >= 15 is 0 Å². The van der Waals surface area contributed by atoms with Crippen molar-refractivity contribution < 1.29 is 0 Å². The van der Waals surface area contributed by atoms with Crippen LogP contribution in [0.2, 0.25) is 0 Å². The number of nitrogens with two attached hydrogens (primary N) is 1. The Morgan fingerprint density at radius 1 is 1.17 bits per heavy atom. The van der Waals surface area contributed by atoms with Crippen LogP contribution < -0.4 is 5.73 Å². The zero-order valence-corrected chi connectivity index (χ0v) is 10.9. The molecule has 18 heavy (non-hydrogen) atoms. The molecular weight excluding hydrogens is 222 g/mol. The highest BCUT2D eigenvalue weighted by atomic mass is 15.2. The Kier molecular flexibility index (Phi) is 4.53. The fourth-order valence-electron chi connectivity index (χ4n) is 2.18. The summed E-state index contributed by atoms with van der Waals surface area (Å²) in [6.07, 6.45) is 6.30. The topological polar surface area (TPSA) is 43.8 Å². The average molecular weight is 243 g/mol. The summed E-state index contributed by atoms with van der Waals surface area (Å²) in [5.74, 6) is 0. The summed E-state index contributed by atoms with van der Waals surface area (Å²) >= 11 is 0. The molecule has 0 fully saturated rings.